The zero-order valence-electron chi connectivity index (χ0n) is 14.8. The Morgan fingerprint density at radius 1 is 1.38 bits per heavy atom. The highest BCUT2D eigenvalue weighted by molar-refractivity contribution is 6.30. The fourth-order valence-electron chi connectivity index (χ4n) is 3.71. The smallest absolute Gasteiger partial charge is 0.312 e. The van der Waals surface area contributed by atoms with Crippen molar-refractivity contribution in [2.45, 2.75) is 38.8 Å². The number of halogens is 1. The Hall–Kier alpha value is -1.89. The quantitative estimate of drug-likeness (QED) is 0.809. The summed E-state index contributed by atoms with van der Waals surface area (Å²) >= 11 is 5.91. The first kappa shape index (κ1) is 18.9. The van der Waals surface area contributed by atoms with Crippen LogP contribution in [-0.4, -0.2) is 50.1 Å². The van der Waals surface area contributed by atoms with Crippen molar-refractivity contribution in [3.05, 3.63) is 47.2 Å². The van der Waals surface area contributed by atoms with Gasteiger partial charge in [0.15, 0.2) is 0 Å². The molecule has 2 aromatic rings. The van der Waals surface area contributed by atoms with Crippen LogP contribution in [-0.2, 0) is 11.3 Å². The zero-order valence-corrected chi connectivity index (χ0v) is 15.6. The van der Waals surface area contributed by atoms with Crippen LogP contribution in [0.3, 0.4) is 0 Å². The standard InChI is InChI=1S/C19H24ClN3O3/c1-2-7-19(18(25)26)8-9-22(13-17(19)24)11-14-10-21-23(12-14)16-5-3-15(20)4-6-16/h3-6,10,12,17,24H,2,7-9,11,13H2,1H3,(H,25,26)/t17-,19+/m1/s1. The molecule has 1 aromatic carbocycles. The van der Waals surface area contributed by atoms with Crippen LogP contribution in [0.4, 0.5) is 0 Å². The molecule has 0 spiro atoms. The first-order valence-electron chi connectivity index (χ1n) is 8.88. The third-order valence-electron chi connectivity index (χ3n) is 5.20. The maximum absolute atomic E-state index is 11.7. The third-order valence-corrected chi connectivity index (χ3v) is 5.45. The van der Waals surface area contributed by atoms with Gasteiger partial charge in [0.2, 0.25) is 0 Å². The number of likely N-dealkylation sites (tertiary alicyclic amines) is 1. The molecule has 6 nitrogen and oxygen atoms in total. The molecular formula is C19H24ClN3O3. The molecule has 3 rings (SSSR count). The predicted molar refractivity (Wildman–Crippen MR) is 99.5 cm³/mol. The first-order valence-corrected chi connectivity index (χ1v) is 9.25. The second-order valence-electron chi connectivity index (χ2n) is 6.98. The Balaban J connectivity index is 1.66. The topological polar surface area (TPSA) is 78.6 Å². The molecule has 1 saturated heterocycles. The molecule has 0 radical (unpaired) electrons. The van der Waals surface area contributed by atoms with Crippen molar-refractivity contribution in [2.75, 3.05) is 13.1 Å². The summed E-state index contributed by atoms with van der Waals surface area (Å²) in [5, 5.41) is 25.2. The SMILES string of the molecule is CCC[C@]1(C(=O)O)CCN(Cc2cnn(-c3ccc(Cl)cc3)c2)C[C@H]1O. The number of aliphatic carboxylic acids is 1. The lowest BCUT2D eigenvalue weighted by Gasteiger charge is -2.42. The molecule has 26 heavy (non-hydrogen) atoms. The van der Waals surface area contributed by atoms with Gasteiger partial charge in [0.25, 0.3) is 0 Å². The van der Waals surface area contributed by atoms with Crippen LogP contribution >= 0.6 is 11.6 Å². The van der Waals surface area contributed by atoms with Crippen molar-refractivity contribution >= 4 is 17.6 Å². The minimum atomic E-state index is -1.02. The van der Waals surface area contributed by atoms with Crippen LogP contribution in [0.5, 0.6) is 0 Å². The lowest BCUT2D eigenvalue weighted by molar-refractivity contribution is -0.164. The molecule has 140 valence electrons. The number of aromatic nitrogens is 2. The Morgan fingerprint density at radius 3 is 2.73 bits per heavy atom. The number of hydrogen-bond donors (Lipinski definition) is 2. The zero-order chi connectivity index (χ0) is 18.7. The molecule has 2 heterocycles. The van der Waals surface area contributed by atoms with Gasteiger partial charge in [0.05, 0.1) is 23.4 Å². The molecule has 2 N–H and O–H groups in total. The predicted octanol–water partition coefficient (Wildman–Crippen LogP) is 2.96. The van der Waals surface area contributed by atoms with Crippen LogP contribution in [0.25, 0.3) is 5.69 Å². The Labute approximate surface area is 158 Å². The van der Waals surface area contributed by atoms with E-state index in [1.165, 1.54) is 0 Å². The summed E-state index contributed by atoms with van der Waals surface area (Å²) < 4.78 is 1.78. The number of hydrogen-bond acceptors (Lipinski definition) is 4. The number of nitrogens with zero attached hydrogens (tertiary/aromatic N) is 3. The van der Waals surface area contributed by atoms with Crippen LogP contribution in [0.1, 0.15) is 31.7 Å². The summed E-state index contributed by atoms with van der Waals surface area (Å²) in [6.07, 6.45) is 4.60. The van der Waals surface area contributed by atoms with E-state index in [1.807, 2.05) is 37.4 Å². The van der Waals surface area contributed by atoms with E-state index in [0.29, 0.717) is 37.5 Å². The highest BCUT2D eigenvalue weighted by Gasteiger charge is 2.47. The van der Waals surface area contributed by atoms with Gasteiger partial charge in [-0.15, -0.1) is 0 Å². The highest BCUT2D eigenvalue weighted by Crippen LogP contribution is 2.37. The number of β-amino-alcohol motifs (C(OH)–C–C–N with tert-alkyl or cyclic N) is 1. The van der Waals surface area contributed by atoms with Gasteiger partial charge >= 0.3 is 5.97 Å². The maximum Gasteiger partial charge on any atom is 0.312 e. The fourth-order valence-corrected chi connectivity index (χ4v) is 3.83. The van der Waals surface area contributed by atoms with Gasteiger partial charge in [-0.3, -0.25) is 9.69 Å². The van der Waals surface area contributed by atoms with Crippen molar-refractivity contribution in [3.63, 3.8) is 0 Å². The molecule has 1 aromatic heterocycles. The van der Waals surface area contributed by atoms with Crippen molar-refractivity contribution in [1.82, 2.24) is 14.7 Å². The number of aliphatic hydroxyl groups is 1. The second-order valence-corrected chi connectivity index (χ2v) is 7.42. The van der Waals surface area contributed by atoms with Crippen molar-refractivity contribution in [3.8, 4) is 5.69 Å². The number of piperidine rings is 1. The summed E-state index contributed by atoms with van der Waals surface area (Å²) in [7, 11) is 0. The molecule has 0 unspecified atom stereocenters. The summed E-state index contributed by atoms with van der Waals surface area (Å²) in [6, 6.07) is 7.43. The van der Waals surface area contributed by atoms with Gasteiger partial charge in [-0.2, -0.15) is 5.10 Å². The van der Waals surface area contributed by atoms with E-state index >= 15 is 0 Å². The molecule has 0 saturated carbocycles. The van der Waals surface area contributed by atoms with Gasteiger partial charge < -0.3 is 10.2 Å². The van der Waals surface area contributed by atoms with Crippen LogP contribution in [0, 0.1) is 5.41 Å². The maximum atomic E-state index is 11.7. The first-order chi connectivity index (χ1) is 12.4. The molecule has 1 aliphatic rings. The van der Waals surface area contributed by atoms with Gasteiger partial charge in [0, 0.05) is 29.9 Å². The Morgan fingerprint density at radius 2 is 2.12 bits per heavy atom. The lowest BCUT2D eigenvalue weighted by Crippen LogP contribution is -2.54. The normalized spacial score (nSPS) is 23.9. The van der Waals surface area contributed by atoms with Gasteiger partial charge in [-0.05, 0) is 43.7 Å². The average molecular weight is 378 g/mol. The van der Waals surface area contributed by atoms with E-state index in [1.54, 1.807) is 10.9 Å². The van der Waals surface area contributed by atoms with E-state index in [-0.39, 0.29) is 0 Å². The number of aliphatic hydroxyl groups excluding tert-OH is 1. The summed E-state index contributed by atoms with van der Waals surface area (Å²) in [4.78, 5) is 13.8. The Bertz CT molecular complexity index is 762. The molecule has 2 atom stereocenters. The molecule has 0 aliphatic carbocycles. The molecule has 1 fully saturated rings. The molecular weight excluding hydrogens is 354 g/mol. The average Bonchev–Trinajstić information content (AvgIpc) is 3.06. The third kappa shape index (κ3) is 3.77. The summed E-state index contributed by atoms with van der Waals surface area (Å²) in [5.41, 5.74) is 0.927. The lowest BCUT2D eigenvalue weighted by atomic mass is 9.73. The monoisotopic (exact) mass is 377 g/mol. The van der Waals surface area contributed by atoms with E-state index in [9.17, 15) is 15.0 Å². The number of rotatable bonds is 6. The van der Waals surface area contributed by atoms with Gasteiger partial charge in [-0.25, -0.2) is 4.68 Å². The van der Waals surface area contributed by atoms with E-state index < -0.39 is 17.5 Å². The minimum Gasteiger partial charge on any atom is -0.481 e. The number of carboxylic acids is 1. The molecule has 1 aliphatic heterocycles. The van der Waals surface area contributed by atoms with E-state index in [4.69, 9.17) is 11.6 Å². The fraction of sp³-hybridized carbons (Fsp3) is 0.474. The van der Waals surface area contributed by atoms with Crippen molar-refractivity contribution in [2.24, 2.45) is 5.41 Å². The van der Waals surface area contributed by atoms with E-state index in [0.717, 1.165) is 17.7 Å². The van der Waals surface area contributed by atoms with Gasteiger partial charge in [0.1, 0.15) is 0 Å². The van der Waals surface area contributed by atoms with Crippen LogP contribution < -0.4 is 0 Å². The van der Waals surface area contributed by atoms with Gasteiger partial charge in [-0.1, -0.05) is 24.9 Å². The number of carboxylic acid groups (broad SMARTS) is 1. The van der Waals surface area contributed by atoms with E-state index in [2.05, 4.69) is 10.00 Å². The summed E-state index contributed by atoms with van der Waals surface area (Å²) in [6.45, 7) is 3.59. The molecule has 0 amide bonds. The number of carbonyl (C=O) groups is 1. The highest BCUT2D eigenvalue weighted by atomic mass is 35.5. The van der Waals surface area contributed by atoms with Crippen molar-refractivity contribution < 1.29 is 15.0 Å². The molecule has 7 heteroatoms. The largest absolute Gasteiger partial charge is 0.481 e. The molecule has 0 bridgehead atoms. The van der Waals surface area contributed by atoms with Crippen LogP contribution in [0.2, 0.25) is 5.02 Å². The Kier molecular flexibility index (Phi) is 5.65. The van der Waals surface area contributed by atoms with Crippen LogP contribution in [0.15, 0.2) is 36.7 Å². The minimum absolute atomic E-state index is 0.360. The van der Waals surface area contributed by atoms with Crippen molar-refractivity contribution in [1.29, 1.82) is 0 Å². The summed E-state index contributed by atoms with van der Waals surface area (Å²) in [5.74, 6) is -0.887. The number of benzene rings is 1. The second kappa shape index (κ2) is 7.78.